The maximum atomic E-state index is 10.5. The van der Waals surface area contributed by atoms with Gasteiger partial charge in [0.2, 0.25) is 5.82 Å². The lowest BCUT2D eigenvalue weighted by Crippen LogP contribution is -2.02. The number of aryl methyl sites for hydroxylation is 1. The quantitative estimate of drug-likeness (QED) is 0.520. The lowest BCUT2D eigenvalue weighted by Gasteiger charge is -2.00. The summed E-state index contributed by atoms with van der Waals surface area (Å²) < 4.78 is 0. The van der Waals surface area contributed by atoms with E-state index in [0.29, 0.717) is 5.69 Å². The van der Waals surface area contributed by atoms with Crippen LogP contribution in [0.2, 0.25) is 0 Å². The number of nitrogens with zero attached hydrogens (tertiary/aromatic N) is 3. The Hall–Kier alpha value is -1.72. The molecular weight excluding hydrogens is 160 g/mol. The van der Waals surface area contributed by atoms with Crippen LogP contribution in [0.5, 0.6) is 0 Å². The average molecular weight is 168 g/mol. The summed E-state index contributed by atoms with van der Waals surface area (Å²) in [5.74, 6) is 0.243. The van der Waals surface area contributed by atoms with Gasteiger partial charge in [-0.3, -0.25) is 10.1 Å². The molecule has 6 heteroatoms. The van der Waals surface area contributed by atoms with Crippen molar-refractivity contribution in [2.24, 2.45) is 0 Å². The van der Waals surface area contributed by atoms with Gasteiger partial charge in [0.25, 0.3) is 0 Å². The maximum absolute atomic E-state index is 10.5. The molecule has 0 saturated carbocycles. The van der Waals surface area contributed by atoms with Crippen LogP contribution in [0.15, 0.2) is 6.33 Å². The molecule has 0 spiro atoms. The van der Waals surface area contributed by atoms with Crippen LogP contribution in [0.3, 0.4) is 0 Å². The Kier molecular flexibility index (Phi) is 2.18. The molecular formula is C6H8N4O2. The van der Waals surface area contributed by atoms with E-state index in [1.165, 1.54) is 6.33 Å². The van der Waals surface area contributed by atoms with E-state index in [2.05, 4.69) is 15.3 Å². The number of hydrogen-bond acceptors (Lipinski definition) is 5. The molecule has 1 aromatic heterocycles. The highest BCUT2D eigenvalue weighted by atomic mass is 16.6. The number of anilines is 1. The van der Waals surface area contributed by atoms with Crippen LogP contribution in [0.25, 0.3) is 0 Å². The fraction of sp³-hybridized carbons (Fsp3) is 0.333. The van der Waals surface area contributed by atoms with Crippen LogP contribution < -0.4 is 5.32 Å². The van der Waals surface area contributed by atoms with Crippen molar-refractivity contribution < 1.29 is 4.92 Å². The van der Waals surface area contributed by atoms with Crippen molar-refractivity contribution in [2.75, 3.05) is 12.4 Å². The highest BCUT2D eigenvalue weighted by Crippen LogP contribution is 2.22. The minimum absolute atomic E-state index is 0.0694. The van der Waals surface area contributed by atoms with Crippen molar-refractivity contribution in [1.29, 1.82) is 0 Å². The van der Waals surface area contributed by atoms with E-state index in [1.807, 2.05) is 0 Å². The third kappa shape index (κ3) is 1.31. The van der Waals surface area contributed by atoms with Crippen molar-refractivity contribution in [3.8, 4) is 0 Å². The van der Waals surface area contributed by atoms with Crippen molar-refractivity contribution in [2.45, 2.75) is 6.92 Å². The van der Waals surface area contributed by atoms with E-state index in [-0.39, 0.29) is 11.5 Å². The number of nitro groups is 1. The second-order valence-electron chi connectivity index (χ2n) is 2.16. The van der Waals surface area contributed by atoms with E-state index in [9.17, 15) is 10.1 Å². The second-order valence-corrected chi connectivity index (χ2v) is 2.16. The molecule has 1 N–H and O–H groups in total. The molecule has 0 bridgehead atoms. The van der Waals surface area contributed by atoms with E-state index >= 15 is 0 Å². The van der Waals surface area contributed by atoms with Gasteiger partial charge in [0.05, 0.1) is 4.92 Å². The average Bonchev–Trinajstić information content (AvgIpc) is 2.03. The summed E-state index contributed by atoms with van der Waals surface area (Å²) in [6.45, 7) is 1.57. The highest BCUT2D eigenvalue weighted by molar-refractivity contribution is 5.57. The minimum Gasteiger partial charge on any atom is -0.367 e. The SMILES string of the molecule is CNc1ncnc(C)c1[N+](=O)[O-]. The van der Waals surface area contributed by atoms with Crippen LogP contribution in [0.4, 0.5) is 11.5 Å². The normalized spacial score (nSPS) is 9.50. The third-order valence-electron chi connectivity index (χ3n) is 1.42. The Balaban J connectivity index is 3.29. The van der Waals surface area contributed by atoms with Gasteiger partial charge in [-0.25, -0.2) is 9.97 Å². The number of nitrogens with one attached hydrogen (secondary N) is 1. The summed E-state index contributed by atoms with van der Waals surface area (Å²) in [5, 5.41) is 13.1. The Labute approximate surface area is 68.8 Å². The van der Waals surface area contributed by atoms with E-state index in [1.54, 1.807) is 14.0 Å². The Morgan fingerprint density at radius 3 is 2.67 bits per heavy atom. The number of rotatable bonds is 2. The zero-order chi connectivity index (χ0) is 9.14. The standard InChI is InChI=1S/C6H8N4O2/c1-4-5(10(11)12)6(7-2)9-3-8-4/h3H,1-2H3,(H,7,8,9). The van der Waals surface area contributed by atoms with E-state index in [0.717, 1.165) is 0 Å². The van der Waals surface area contributed by atoms with Gasteiger partial charge >= 0.3 is 5.69 Å². The first-order chi connectivity index (χ1) is 5.66. The molecule has 1 rings (SSSR count). The van der Waals surface area contributed by atoms with E-state index in [4.69, 9.17) is 0 Å². The molecule has 0 amide bonds. The molecule has 0 fully saturated rings. The molecule has 0 atom stereocenters. The zero-order valence-corrected chi connectivity index (χ0v) is 6.74. The largest absolute Gasteiger partial charge is 0.367 e. The van der Waals surface area contributed by atoms with Gasteiger partial charge in [0.1, 0.15) is 12.0 Å². The molecule has 64 valence electrons. The van der Waals surface area contributed by atoms with Gasteiger partial charge in [-0.2, -0.15) is 0 Å². The van der Waals surface area contributed by atoms with Crippen LogP contribution in [0.1, 0.15) is 5.69 Å². The highest BCUT2D eigenvalue weighted by Gasteiger charge is 2.17. The predicted molar refractivity (Wildman–Crippen MR) is 43.0 cm³/mol. The first-order valence-electron chi connectivity index (χ1n) is 3.30. The Bertz CT molecular complexity index is 312. The molecule has 1 aromatic rings. The lowest BCUT2D eigenvalue weighted by atomic mass is 10.3. The first-order valence-corrected chi connectivity index (χ1v) is 3.30. The van der Waals surface area contributed by atoms with Crippen LogP contribution >= 0.6 is 0 Å². The van der Waals surface area contributed by atoms with Crippen LogP contribution in [-0.2, 0) is 0 Å². The van der Waals surface area contributed by atoms with Gasteiger partial charge in [-0.1, -0.05) is 0 Å². The molecule has 0 aliphatic carbocycles. The molecule has 1 heterocycles. The fourth-order valence-corrected chi connectivity index (χ4v) is 0.868. The monoisotopic (exact) mass is 168 g/mol. The van der Waals surface area contributed by atoms with Crippen molar-refractivity contribution in [1.82, 2.24) is 9.97 Å². The zero-order valence-electron chi connectivity index (χ0n) is 6.74. The maximum Gasteiger partial charge on any atom is 0.332 e. The summed E-state index contributed by atoms with van der Waals surface area (Å²) >= 11 is 0. The molecule has 0 aliphatic rings. The van der Waals surface area contributed by atoms with Gasteiger partial charge in [0, 0.05) is 7.05 Å². The summed E-state index contributed by atoms with van der Waals surface area (Å²) in [4.78, 5) is 17.4. The topological polar surface area (TPSA) is 81.0 Å². The first kappa shape index (κ1) is 8.38. The van der Waals surface area contributed by atoms with Crippen molar-refractivity contribution in [3.05, 3.63) is 22.1 Å². The third-order valence-corrected chi connectivity index (χ3v) is 1.42. The summed E-state index contributed by atoms with van der Waals surface area (Å²) in [5.41, 5.74) is 0.291. The van der Waals surface area contributed by atoms with Gasteiger partial charge in [-0.15, -0.1) is 0 Å². The molecule has 6 nitrogen and oxygen atoms in total. The van der Waals surface area contributed by atoms with Crippen LogP contribution in [-0.4, -0.2) is 21.9 Å². The molecule has 0 radical (unpaired) electrons. The molecule has 0 saturated heterocycles. The number of hydrogen-bond donors (Lipinski definition) is 1. The van der Waals surface area contributed by atoms with Gasteiger partial charge < -0.3 is 5.32 Å². The molecule has 12 heavy (non-hydrogen) atoms. The van der Waals surface area contributed by atoms with E-state index < -0.39 is 4.92 Å². The molecule has 0 aromatic carbocycles. The Morgan fingerprint density at radius 2 is 2.25 bits per heavy atom. The van der Waals surface area contributed by atoms with Crippen molar-refractivity contribution >= 4 is 11.5 Å². The lowest BCUT2D eigenvalue weighted by molar-refractivity contribution is -0.385. The van der Waals surface area contributed by atoms with Crippen molar-refractivity contribution in [3.63, 3.8) is 0 Å². The minimum atomic E-state index is -0.499. The second kappa shape index (κ2) is 3.12. The predicted octanol–water partition coefficient (Wildman–Crippen LogP) is 0.735. The molecule has 0 aliphatic heterocycles. The smallest absolute Gasteiger partial charge is 0.332 e. The van der Waals surface area contributed by atoms with Gasteiger partial charge in [0.15, 0.2) is 0 Å². The van der Waals surface area contributed by atoms with Crippen LogP contribution in [0, 0.1) is 17.0 Å². The fourth-order valence-electron chi connectivity index (χ4n) is 0.868. The molecule has 0 unspecified atom stereocenters. The summed E-state index contributed by atoms with van der Waals surface area (Å²) in [6, 6.07) is 0. The summed E-state index contributed by atoms with van der Waals surface area (Å²) in [6.07, 6.45) is 1.29. The Morgan fingerprint density at radius 1 is 1.58 bits per heavy atom. The van der Waals surface area contributed by atoms with Gasteiger partial charge in [-0.05, 0) is 6.92 Å². The number of aromatic nitrogens is 2. The summed E-state index contributed by atoms with van der Waals surface area (Å²) in [7, 11) is 1.58.